The standard InChI is InChI=1S/C28H37N7O3S/c1-7-34(8-2)24-15-18(3)14-22(30-24)21-13-12-20(26(31-21)35-17-19(4)16-28(35,5)6)27(36)33-39(37,38)25-11-9-10-23(29)32-25/h9-15,19H,7-8,16-17H2,1-6H3,(H2,29,32)(H,33,36)/t19-/m0/s1. The normalized spacial score (nSPS) is 16.8. The van der Waals surface area contributed by atoms with Crippen LogP contribution in [0.1, 0.15) is 57.0 Å². The van der Waals surface area contributed by atoms with Crippen LogP contribution in [-0.2, 0) is 10.0 Å². The highest BCUT2D eigenvalue weighted by Crippen LogP contribution is 2.38. The zero-order chi connectivity index (χ0) is 28.5. The molecule has 1 aliphatic heterocycles. The second-order valence-electron chi connectivity index (χ2n) is 10.7. The fourth-order valence-electron chi connectivity index (χ4n) is 5.23. The van der Waals surface area contributed by atoms with Crippen molar-refractivity contribution in [3.05, 3.63) is 53.6 Å². The molecule has 1 fully saturated rings. The maximum atomic E-state index is 13.5. The molecular formula is C28H37N7O3S. The maximum Gasteiger partial charge on any atom is 0.281 e. The second kappa shape index (κ2) is 10.8. The Kier molecular flexibility index (Phi) is 7.83. The lowest BCUT2D eigenvalue weighted by Crippen LogP contribution is -2.41. The summed E-state index contributed by atoms with van der Waals surface area (Å²) in [6, 6.07) is 11.6. The van der Waals surface area contributed by atoms with Gasteiger partial charge in [0, 0.05) is 25.2 Å². The van der Waals surface area contributed by atoms with Crippen molar-refractivity contribution in [1.82, 2.24) is 19.7 Å². The SMILES string of the molecule is CCN(CC)c1cc(C)cc(-c2ccc(C(=O)NS(=O)(=O)c3cccc(N)n3)c(N3C[C@@H](C)CC3(C)C)n2)n1. The number of aromatic nitrogens is 3. The highest BCUT2D eigenvalue weighted by Gasteiger charge is 2.39. The molecule has 10 nitrogen and oxygen atoms in total. The highest BCUT2D eigenvalue weighted by atomic mass is 32.2. The minimum atomic E-state index is -4.25. The summed E-state index contributed by atoms with van der Waals surface area (Å²) < 4.78 is 28.1. The van der Waals surface area contributed by atoms with Crippen molar-refractivity contribution in [3.63, 3.8) is 0 Å². The Morgan fingerprint density at radius 2 is 1.82 bits per heavy atom. The number of sulfonamides is 1. The van der Waals surface area contributed by atoms with Crippen LogP contribution in [-0.4, -0.2) is 54.5 Å². The van der Waals surface area contributed by atoms with E-state index in [1.807, 2.05) is 19.1 Å². The number of hydrogen-bond donors (Lipinski definition) is 2. The van der Waals surface area contributed by atoms with Crippen LogP contribution in [0.3, 0.4) is 0 Å². The third-order valence-corrected chi connectivity index (χ3v) is 8.23. The molecule has 1 atom stereocenters. The van der Waals surface area contributed by atoms with Gasteiger partial charge in [0.05, 0.1) is 17.0 Å². The van der Waals surface area contributed by atoms with E-state index in [9.17, 15) is 13.2 Å². The van der Waals surface area contributed by atoms with Crippen LogP contribution in [0.5, 0.6) is 0 Å². The number of hydrogen-bond acceptors (Lipinski definition) is 9. The van der Waals surface area contributed by atoms with Crippen LogP contribution >= 0.6 is 0 Å². The number of rotatable bonds is 8. The lowest BCUT2D eigenvalue weighted by Gasteiger charge is -2.34. The highest BCUT2D eigenvalue weighted by molar-refractivity contribution is 7.90. The molecule has 11 heteroatoms. The van der Waals surface area contributed by atoms with Crippen molar-refractivity contribution in [1.29, 1.82) is 0 Å². The zero-order valence-corrected chi connectivity index (χ0v) is 24.2. The Balaban J connectivity index is 1.80. The summed E-state index contributed by atoms with van der Waals surface area (Å²) in [5.74, 6) is 0.899. The Labute approximate surface area is 230 Å². The second-order valence-corrected chi connectivity index (χ2v) is 12.3. The van der Waals surface area contributed by atoms with Crippen LogP contribution in [0.2, 0.25) is 0 Å². The monoisotopic (exact) mass is 551 g/mol. The molecule has 3 aromatic heterocycles. The summed E-state index contributed by atoms with van der Waals surface area (Å²) in [4.78, 5) is 31.4. The predicted octanol–water partition coefficient (Wildman–Crippen LogP) is 4.02. The van der Waals surface area contributed by atoms with Gasteiger partial charge >= 0.3 is 0 Å². The van der Waals surface area contributed by atoms with Crippen molar-refractivity contribution in [2.75, 3.05) is 35.2 Å². The largest absolute Gasteiger partial charge is 0.384 e. The van der Waals surface area contributed by atoms with E-state index in [1.54, 1.807) is 12.1 Å². The van der Waals surface area contributed by atoms with E-state index in [4.69, 9.17) is 15.7 Å². The predicted molar refractivity (Wildman–Crippen MR) is 154 cm³/mol. The minimum Gasteiger partial charge on any atom is -0.384 e. The number of pyridine rings is 3. The molecular weight excluding hydrogens is 514 g/mol. The first-order valence-electron chi connectivity index (χ1n) is 13.2. The summed E-state index contributed by atoms with van der Waals surface area (Å²) in [5, 5.41) is -0.329. The molecule has 4 heterocycles. The molecule has 0 saturated carbocycles. The number of anilines is 3. The van der Waals surface area contributed by atoms with Crippen molar-refractivity contribution >= 4 is 33.4 Å². The first-order chi connectivity index (χ1) is 18.3. The lowest BCUT2D eigenvalue weighted by atomic mass is 9.97. The fourth-order valence-corrected chi connectivity index (χ4v) is 6.17. The molecule has 0 radical (unpaired) electrons. The van der Waals surface area contributed by atoms with Gasteiger partial charge in [-0.15, -0.1) is 0 Å². The van der Waals surface area contributed by atoms with E-state index in [0.717, 1.165) is 30.9 Å². The average Bonchev–Trinajstić information content (AvgIpc) is 3.15. The van der Waals surface area contributed by atoms with Gasteiger partial charge in [0.1, 0.15) is 17.5 Å². The van der Waals surface area contributed by atoms with E-state index in [-0.39, 0.29) is 21.9 Å². The van der Waals surface area contributed by atoms with Gasteiger partial charge in [-0.1, -0.05) is 13.0 Å². The van der Waals surface area contributed by atoms with E-state index in [2.05, 4.69) is 54.1 Å². The zero-order valence-electron chi connectivity index (χ0n) is 23.4. The third-order valence-electron chi connectivity index (χ3n) is 7.00. The summed E-state index contributed by atoms with van der Waals surface area (Å²) in [6.07, 6.45) is 0.903. The van der Waals surface area contributed by atoms with E-state index >= 15 is 0 Å². The number of nitrogens with two attached hydrogens (primary N) is 1. The number of amides is 1. The molecule has 4 rings (SSSR count). The Morgan fingerprint density at radius 1 is 1.10 bits per heavy atom. The Morgan fingerprint density at radius 3 is 2.44 bits per heavy atom. The van der Waals surface area contributed by atoms with Gasteiger partial charge in [0.25, 0.3) is 15.9 Å². The molecule has 1 amide bonds. The first-order valence-corrected chi connectivity index (χ1v) is 14.6. The summed E-state index contributed by atoms with van der Waals surface area (Å²) in [7, 11) is -4.25. The smallest absolute Gasteiger partial charge is 0.281 e. The molecule has 0 bridgehead atoms. The molecule has 1 saturated heterocycles. The summed E-state index contributed by atoms with van der Waals surface area (Å²) in [5.41, 5.74) is 7.87. The van der Waals surface area contributed by atoms with Crippen molar-refractivity contribution in [2.45, 2.75) is 58.5 Å². The number of carbonyl (C=O) groups is 1. The lowest BCUT2D eigenvalue weighted by molar-refractivity contribution is 0.0981. The Hall–Kier alpha value is -3.73. The van der Waals surface area contributed by atoms with Crippen LogP contribution in [0.25, 0.3) is 11.4 Å². The van der Waals surface area contributed by atoms with Crippen LogP contribution in [0.4, 0.5) is 17.5 Å². The topological polar surface area (TPSA) is 134 Å². The number of aryl methyl sites for hydroxylation is 1. The van der Waals surface area contributed by atoms with Crippen LogP contribution < -0.4 is 20.3 Å². The van der Waals surface area contributed by atoms with Gasteiger partial charge in [0.2, 0.25) is 0 Å². The number of nitrogens with zero attached hydrogens (tertiary/aromatic N) is 5. The van der Waals surface area contributed by atoms with E-state index < -0.39 is 15.9 Å². The van der Waals surface area contributed by atoms with Crippen LogP contribution in [0, 0.1) is 12.8 Å². The van der Waals surface area contributed by atoms with Crippen molar-refractivity contribution < 1.29 is 13.2 Å². The molecule has 0 unspecified atom stereocenters. The minimum absolute atomic E-state index is 0.0413. The molecule has 0 spiro atoms. The number of nitrogens with one attached hydrogen (secondary N) is 1. The van der Waals surface area contributed by atoms with Gasteiger partial charge in [-0.2, -0.15) is 8.42 Å². The van der Waals surface area contributed by atoms with Gasteiger partial charge in [-0.05, 0) is 88.9 Å². The molecule has 1 aliphatic rings. The summed E-state index contributed by atoms with van der Waals surface area (Å²) >= 11 is 0. The van der Waals surface area contributed by atoms with Crippen molar-refractivity contribution in [2.24, 2.45) is 5.92 Å². The van der Waals surface area contributed by atoms with Gasteiger partial charge in [0.15, 0.2) is 5.03 Å². The van der Waals surface area contributed by atoms with Crippen molar-refractivity contribution in [3.8, 4) is 11.4 Å². The molecule has 39 heavy (non-hydrogen) atoms. The molecule has 3 aromatic rings. The van der Waals surface area contributed by atoms with E-state index in [1.165, 1.54) is 18.2 Å². The van der Waals surface area contributed by atoms with Gasteiger partial charge in [-0.3, -0.25) is 4.79 Å². The molecule has 0 aliphatic carbocycles. The van der Waals surface area contributed by atoms with Gasteiger partial charge < -0.3 is 15.5 Å². The quantitative estimate of drug-likeness (QED) is 0.426. The Bertz CT molecular complexity index is 1490. The first kappa shape index (κ1) is 28.3. The van der Waals surface area contributed by atoms with E-state index in [0.29, 0.717) is 29.7 Å². The van der Waals surface area contributed by atoms with Gasteiger partial charge in [-0.25, -0.2) is 19.7 Å². The number of nitrogen functional groups attached to an aromatic ring is 1. The summed E-state index contributed by atoms with van der Waals surface area (Å²) in [6.45, 7) is 14.9. The van der Waals surface area contributed by atoms with Crippen LogP contribution in [0.15, 0.2) is 47.5 Å². The third kappa shape index (κ3) is 5.98. The average molecular weight is 552 g/mol. The fraction of sp³-hybridized carbons (Fsp3) is 0.429. The number of carbonyl (C=O) groups excluding carboxylic acids is 1. The maximum absolute atomic E-state index is 13.5. The molecule has 0 aromatic carbocycles. The molecule has 208 valence electrons. The molecule has 3 N–H and O–H groups in total.